The van der Waals surface area contributed by atoms with Gasteiger partial charge in [-0.1, -0.05) is 12.8 Å². The van der Waals surface area contributed by atoms with Crippen LogP contribution in [0.5, 0.6) is 0 Å². The highest BCUT2D eigenvalue weighted by atomic mass is 32.2. The monoisotopic (exact) mass is 418 g/mol. The van der Waals surface area contributed by atoms with Crippen LogP contribution in [0.25, 0.3) is 0 Å². The van der Waals surface area contributed by atoms with Crippen molar-refractivity contribution in [3.63, 3.8) is 0 Å². The van der Waals surface area contributed by atoms with Crippen LogP contribution in [0.15, 0.2) is 4.99 Å². The van der Waals surface area contributed by atoms with Crippen LogP contribution in [-0.4, -0.2) is 81.4 Å². The summed E-state index contributed by atoms with van der Waals surface area (Å²) in [6.45, 7) is 4.46. The highest BCUT2D eigenvalue weighted by molar-refractivity contribution is 7.99. The van der Waals surface area contributed by atoms with Gasteiger partial charge in [-0.15, -0.1) is 0 Å². The van der Waals surface area contributed by atoms with Gasteiger partial charge < -0.3 is 15.4 Å². The number of nitrogens with one attached hydrogen (secondary N) is 2. The minimum atomic E-state index is -3.19. The van der Waals surface area contributed by atoms with Gasteiger partial charge in [0.05, 0.1) is 11.9 Å². The zero-order valence-corrected chi connectivity index (χ0v) is 18.2. The Labute approximate surface area is 168 Å². The number of hydrogen-bond donors (Lipinski definition) is 2. The zero-order valence-electron chi connectivity index (χ0n) is 16.6. The van der Waals surface area contributed by atoms with Gasteiger partial charge in [0.1, 0.15) is 0 Å². The van der Waals surface area contributed by atoms with E-state index in [1.165, 1.54) is 25.7 Å². The lowest BCUT2D eigenvalue weighted by molar-refractivity contribution is -0.125. The third-order valence-electron chi connectivity index (χ3n) is 6.24. The molecule has 3 aliphatic rings. The first-order valence-electron chi connectivity index (χ1n) is 10.2. The predicted octanol–water partition coefficient (Wildman–Crippen LogP) is 1.27. The van der Waals surface area contributed by atoms with E-state index in [-0.39, 0.29) is 11.2 Å². The number of aliphatic imine (C=N–C) groups is 1. The van der Waals surface area contributed by atoms with Gasteiger partial charge >= 0.3 is 0 Å². The van der Waals surface area contributed by atoms with Crippen molar-refractivity contribution in [3.8, 4) is 0 Å². The zero-order chi connectivity index (χ0) is 19.3. The number of sulfonamides is 1. The second-order valence-corrected chi connectivity index (χ2v) is 11.0. The fourth-order valence-corrected chi connectivity index (χ4v) is 7.19. The molecule has 3 rings (SSSR count). The molecule has 1 spiro atoms. The number of thioether (sulfide) groups is 1. The minimum Gasteiger partial charge on any atom is -0.378 e. The molecule has 9 heteroatoms. The number of guanidine groups is 1. The van der Waals surface area contributed by atoms with E-state index in [4.69, 9.17) is 4.74 Å². The Kier molecular flexibility index (Phi) is 7.32. The molecule has 1 saturated heterocycles. The summed E-state index contributed by atoms with van der Waals surface area (Å²) in [7, 11) is -1.45. The maximum atomic E-state index is 12.5. The van der Waals surface area contributed by atoms with Crippen molar-refractivity contribution in [1.82, 2.24) is 14.9 Å². The molecule has 1 heterocycles. The molecule has 3 fully saturated rings. The normalized spacial score (nSPS) is 28.9. The molecule has 7 nitrogen and oxygen atoms in total. The SMILES string of the molecule is CCOC1CC(NC(=NC)NCCS(=O)(=O)N2CCSCC2)C12CCCC2. The number of nitrogens with zero attached hydrogens (tertiary/aromatic N) is 2. The number of hydrogen-bond acceptors (Lipinski definition) is 5. The van der Waals surface area contributed by atoms with E-state index in [1.807, 2.05) is 11.8 Å². The third-order valence-corrected chi connectivity index (χ3v) is 9.05. The fourth-order valence-electron chi connectivity index (χ4n) is 4.70. The Bertz CT molecular complexity index is 614. The van der Waals surface area contributed by atoms with Gasteiger partial charge in [0.25, 0.3) is 0 Å². The van der Waals surface area contributed by atoms with Gasteiger partial charge in [-0.25, -0.2) is 12.7 Å². The summed E-state index contributed by atoms with van der Waals surface area (Å²) >= 11 is 1.81. The van der Waals surface area contributed by atoms with Crippen LogP contribution < -0.4 is 10.6 Å². The summed E-state index contributed by atoms with van der Waals surface area (Å²) in [6.07, 6.45) is 6.28. The van der Waals surface area contributed by atoms with E-state index in [1.54, 1.807) is 11.4 Å². The highest BCUT2D eigenvalue weighted by Gasteiger charge is 2.56. The van der Waals surface area contributed by atoms with Gasteiger partial charge in [-0.3, -0.25) is 4.99 Å². The average molecular weight is 419 g/mol. The molecule has 0 bridgehead atoms. The molecular formula is C18H34N4O3S2. The van der Waals surface area contributed by atoms with Crippen molar-refractivity contribution in [1.29, 1.82) is 0 Å². The Morgan fingerprint density at radius 3 is 2.63 bits per heavy atom. The predicted molar refractivity (Wildman–Crippen MR) is 112 cm³/mol. The van der Waals surface area contributed by atoms with Crippen LogP contribution in [0.3, 0.4) is 0 Å². The van der Waals surface area contributed by atoms with Gasteiger partial charge in [0.15, 0.2) is 5.96 Å². The number of rotatable bonds is 7. The Morgan fingerprint density at radius 2 is 2.00 bits per heavy atom. The molecule has 0 aromatic heterocycles. The Morgan fingerprint density at radius 1 is 1.30 bits per heavy atom. The van der Waals surface area contributed by atoms with Crippen LogP contribution in [-0.2, 0) is 14.8 Å². The molecule has 2 saturated carbocycles. The number of ether oxygens (including phenoxy) is 1. The summed E-state index contributed by atoms with van der Waals surface area (Å²) in [5.74, 6) is 2.59. The first kappa shape index (κ1) is 21.2. The smallest absolute Gasteiger partial charge is 0.215 e. The van der Waals surface area contributed by atoms with E-state index >= 15 is 0 Å². The van der Waals surface area contributed by atoms with Gasteiger partial charge in [0, 0.05) is 56.3 Å². The van der Waals surface area contributed by atoms with Gasteiger partial charge in [0.2, 0.25) is 10.0 Å². The van der Waals surface area contributed by atoms with Crippen molar-refractivity contribution in [2.45, 2.75) is 51.2 Å². The standard InChI is InChI=1S/C18H34N4O3S2/c1-3-25-16-14-15(18(16)6-4-5-7-18)21-17(19-2)20-8-13-27(23,24)22-9-11-26-12-10-22/h15-16H,3-14H2,1-2H3,(H2,19,20,21). The topological polar surface area (TPSA) is 83.0 Å². The van der Waals surface area contributed by atoms with E-state index < -0.39 is 10.0 Å². The quantitative estimate of drug-likeness (QED) is 0.479. The molecule has 2 N–H and O–H groups in total. The highest BCUT2D eigenvalue weighted by Crippen LogP contribution is 2.54. The van der Waals surface area contributed by atoms with Crippen molar-refractivity contribution in [2.75, 3.05) is 50.5 Å². The van der Waals surface area contributed by atoms with Crippen LogP contribution in [0.1, 0.15) is 39.0 Å². The van der Waals surface area contributed by atoms with Crippen molar-refractivity contribution >= 4 is 27.7 Å². The minimum absolute atomic E-state index is 0.107. The maximum Gasteiger partial charge on any atom is 0.215 e. The summed E-state index contributed by atoms with van der Waals surface area (Å²) < 4.78 is 32.5. The summed E-state index contributed by atoms with van der Waals surface area (Å²) in [5.41, 5.74) is 0.227. The van der Waals surface area contributed by atoms with E-state index in [0.717, 1.165) is 24.5 Å². The van der Waals surface area contributed by atoms with E-state index in [0.29, 0.717) is 37.7 Å². The molecule has 1 aliphatic heterocycles. The fraction of sp³-hybridized carbons (Fsp3) is 0.944. The second kappa shape index (κ2) is 9.33. The molecule has 0 aromatic carbocycles. The van der Waals surface area contributed by atoms with Crippen LogP contribution in [0, 0.1) is 5.41 Å². The molecular weight excluding hydrogens is 384 g/mol. The van der Waals surface area contributed by atoms with E-state index in [9.17, 15) is 8.42 Å². The largest absolute Gasteiger partial charge is 0.378 e. The van der Waals surface area contributed by atoms with Gasteiger partial charge in [-0.2, -0.15) is 11.8 Å². The lowest BCUT2D eigenvalue weighted by Crippen LogP contribution is -2.65. The summed E-state index contributed by atoms with van der Waals surface area (Å²) in [5, 5.41) is 6.74. The average Bonchev–Trinajstić information content (AvgIpc) is 3.19. The van der Waals surface area contributed by atoms with Crippen LogP contribution in [0.4, 0.5) is 0 Å². The lowest BCUT2D eigenvalue weighted by Gasteiger charge is -2.54. The van der Waals surface area contributed by atoms with Crippen LogP contribution >= 0.6 is 11.8 Å². The summed E-state index contributed by atoms with van der Waals surface area (Å²) in [6, 6.07) is 0.360. The molecule has 27 heavy (non-hydrogen) atoms. The maximum absolute atomic E-state index is 12.5. The lowest BCUT2D eigenvalue weighted by atomic mass is 9.60. The Balaban J connectivity index is 1.48. The molecule has 0 amide bonds. The molecule has 0 radical (unpaired) electrons. The Hall–Kier alpha value is -0.510. The molecule has 2 atom stereocenters. The molecule has 2 aliphatic carbocycles. The molecule has 0 aromatic rings. The van der Waals surface area contributed by atoms with Gasteiger partial charge in [-0.05, 0) is 26.2 Å². The van der Waals surface area contributed by atoms with Crippen LogP contribution in [0.2, 0.25) is 0 Å². The van der Waals surface area contributed by atoms with Crippen molar-refractivity contribution < 1.29 is 13.2 Å². The van der Waals surface area contributed by atoms with Crippen molar-refractivity contribution in [3.05, 3.63) is 0 Å². The molecule has 2 unspecified atom stereocenters. The first-order valence-corrected chi connectivity index (χ1v) is 12.9. The van der Waals surface area contributed by atoms with Crippen molar-refractivity contribution in [2.24, 2.45) is 10.4 Å². The second-order valence-electron chi connectivity index (χ2n) is 7.64. The third kappa shape index (κ3) is 4.74. The van der Waals surface area contributed by atoms with E-state index in [2.05, 4.69) is 22.5 Å². The molecule has 156 valence electrons. The first-order chi connectivity index (χ1) is 13.0. The summed E-state index contributed by atoms with van der Waals surface area (Å²) in [4.78, 5) is 4.31.